The zero-order valence-electron chi connectivity index (χ0n) is 18.3. The first-order valence-electron chi connectivity index (χ1n) is 11.1. The van der Waals surface area contributed by atoms with E-state index in [4.69, 9.17) is 0 Å². The van der Waals surface area contributed by atoms with Gasteiger partial charge in [-0.15, -0.1) is 0 Å². The molecule has 1 heterocycles. The van der Waals surface area contributed by atoms with Crippen LogP contribution in [0.2, 0.25) is 0 Å². The maximum atomic E-state index is 13.5. The average molecular weight is 405 g/mol. The Morgan fingerprint density at radius 1 is 1.00 bits per heavy atom. The van der Waals surface area contributed by atoms with Crippen molar-refractivity contribution in [2.45, 2.75) is 71.5 Å². The van der Waals surface area contributed by atoms with Crippen LogP contribution in [-0.4, -0.2) is 22.8 Å². The van der Waals surface area contributed by atoms with Crippen LogP contribution < -0.4 is 5.32 Å². The molecular formula is C26H32N2O2. The molecule has 1 aliphatic carbocycles. The maximum absolute atomic E-state index is 13.5. The quantitative estimate of drug-likeness (QED) is 0.815. The summed E-state index contributed by atoms with van der Waals surface area (Å²) in [6, 6.07) is 16.1. The first-order valence-corrected chi connectivity index (χ1v) is 11.1. The number of nitrogens with one attached hydrogen (secondary N) is 1. The van der Waals surface area contributed by atoms with E-state index in [0.717, 1.165) is 24.8 Å². The molecule has 1 aliphatic heterocycles. The van der Waals surface area contributed by atoms with Crippen LogP contribution in [0, 0.1) is 5.41 Å². The fraction of sp³-hybridized carbons (Fsp3) is 0.462. The van der Waals surface area contributed by atoms with E-state index in [0.29, 0.717) is 19.4 Å². The van der Waals surface area contributed by atoms with Crippen LogP contribution in [0.25, 0.3) is 0 Å². The average Bonchev–Trinajstić information content (AvgIpc) is 2.72. The Kier molecular flexibility index (Phi) is 5.68. The molecule has 4 heteroatoms. The van der Waals surface area contributed by atoms with Gasteiger partial charge in [-0.05, 0) is 46.9 Å². The molecule has 2 aliphatic rings. The third-order valence-corrected chi connectivity index (χ3v) is 6.24. The summed E-state index contributed by atoms with van der Waals surface area (Å²) in [4.78, 5) is 28.4. The highest BCUT2D eigenvalue weighted by atomic mass is 16.2. The van der Waals surface area contributed by atoms with Gasteiger partial charge in [0.05, 0.1) is 6.04 Å². The number of carbonyl (C=O) groups excluding carboxylic acids is 2. The highest BCUT2D eigenvalue weighted by Gasteiger charge is 2.36. The SMILES string of the molecule is CC(C)(C)CC(=O)N1Cc2ccccc2C[C@H]1C(=O)N[C@@H]1CCCc2ccccc21. The summed E-state index contributed by atoms with van der Waals surface area (Å²) in [5.74, 6) is 0.0228. The molecule has 4 rings (SSSR count). The number of rotatable bonds is 3. The van der Waals surface area contributed by atoms with Crippen molar-refractivity contribution in [1.82, 2.24) is 10.2 Å². The lowest BCUT2D eigenvalue weighted by molar-refractivity contribution is -0.143. The molecule has 2 aromatic rings. The molecule has 0 saturated heterocycles. The minimum absolute atomic E-state index is 0.0270. The molecule has 0 saturated carbocycles. The Bertz CT molecular complexity index is 944. The van der Waals surface area contributed by atoms with Crippen molar-refractivity contribution >= 4 is 11.8 Å². The molecule has 1 N–H and O–H groups in total. The van der Waals surface area contributed by atoms with E-state index < -0.39 is 6.04 Å². The van der Waals surface area contributed by atoms with Crippen LogP contribution in [-0.2, 0) is 29.0 Å². The minimum Gasteiger partial charge on any atom is -0.347 e. The van der Waals surface area contributed by atoms with Crippen molar-refractivity contribution in [2.75, 3.05) is 0 Å². The van der Waals surface area contributed by atoms with Crippen LogP contribution in [0.1, 0.15) is 68.3 Å². The number of benzene rings is 2. The summed E-state index contributed by atoms with van der Waals surface area (Å²) in [5.41, 5.74) is 4.75. The molecular weight excluding hydrogens is 372 g/mol. The summed E-state index contributed by atoms with van der Waals surface area (Å²) in [7, 11) is 0. The molecule has 0 aromatic heterocycles. The molecule has 0 bridgehead atoms. The van der Waals surface area contributed by atoms with E-state index in [1.807, 2.05) is 18.2 Å². The summed E-state index contributed by atoms with van der Waals surface area (Å²) in [6.07, 6.45) is 4.09. The smallest absolute Gasteiger partial charge is 0.243 e. The van der Waals surface area contributed by atoms with Crippen molar-refractivity contribution in [3.8, 4) is 0 Å². The number of nitrogens with zero attached hydrogens (tertiary/aromatic N) is 1. The molecule has 0 fully saturated rings. The van der Waals surface area contributed by atoms with Gasteiger partial charge in [0.15, 0.2) is 0 Å². The van der Waals surface area contributed by atoms with Gasteiger partial charge in [-0.1, -0.05) is 69.3 Å². The van der Waals surface area contributed by atoms with Crippen LogP contribution in [0.4, 0.5) is 0 Å². The van der Waals surface area contributed by atoms with Gasteiger partial charge < -0.3 is 10.2 Å². The standard InChI is InChI=1S/C26H32N2O2/c1-26(2,3)16-24(29)28-17-20-11-5-4-10-19(20)15-23(28)25(30)27-22-14-8-12-18-9-6-7-13-21(18)22/h4-7,9-11,13,22-23H,8,12,14-17H2,1-3H3,(H,27,30)/t22-,23+/m1/s1. The lowest BCUT2D eigenvalue weighted by Crippen LogP contribution is -2.53. The predicted molar refractivity (Wildman–Crippen MR) is 119 cm³/mol. The number of hydrogen-bond donors (Lipinski definition) is 1. The van der Waals surface area contributed by atoms with E-state index in [1.165, 1.54) is 16.7 Å². The fourth-order valence-corrected chi connectivity index (χ4v) is 4.75. The first-order chi connectivity index (χ1) is 14.3. The van der Waals surface area contributed by atoms with E-state index in [9.17, 15) is 9.59 Å². The van der Waals surface area contributed by atoms with Crippen LogP contribution in [0.5, 0.6) is 0 Å². The number of aryl methyl sites for hydroxylation is 1. The normalized spacial score (nSPS) is 20.8. The van der Waals surface area contributed by atoms with Crippen molar-refractivity contribution in [2.24, 2.45) is 5.41 Å². The highest BCUT2D eigenvalue weighted by molar-refractivity contribution is 5.89. The highest BCUT2D eigenvalue weighted by Crippen LogP contribution is 2.31. The fourth-order valence-electron chi connectivity index (χ4n) is 4.75. The zero-order chi connectivity index (χ0) is 21.3. The molecule has 2 atom stereocenters. The minimum atomic E-state index is -0.455. The monoisotopic (exact) mass is 404 g/mol. The van der Waals surface area contributed by atoms with Gasteiger partial charge in [-0.2, -0.15) is 0 Å². The predicted octanol–water partition coefficient (Wildman–Crippen LogP) is 4.57. The lowest BCUT2D eigenvalue weighted by Gasteiger charge is -2.38. The Hall–Kier alpha value is -2.62. The molecule has 158 valence electrons. The van der Waals surface area contributed by atoms with E-state index in [1.54, 1.807) is 4.90 Å². The second-order valence-electron chi connectivity index (χ2n) is 9.90. The second-order valence-corrected chi connectivity index (χ2v) is 9.90. The van der Waals surface area contributed by atoms with Crippen molar-refractivity contribution in [3.63, 3.8) is 0 Å². The van der Waals surface area contributed by atoms with Crippen molar-refractivity contribution in [1.29, 1.82) is 0 Å². The molecule has 4 nitrogen and oxygen atoms in total. The second kappa shape index (κ2) is 8.25. The zero-order valence-corrected chi connectivity index (χ0v) is 18.3. The Balaban J connectivity index is 1.58. The van der Waals surface area contributed by atoms with Crippen molar-refractivity contribution in [3.05, 3.63) is 70.8 Å². The lowest BCUT2D eigenvalue weighted by atomic mass is 9.86. The van der Waals surface area contributed by atoms with Crippen LogP contribution in [0.15, 0.2) is 48.5 Å². The van der Waals surface area contributed by atoms with Gasteiger partial charge in [0, 0.05) is 19.4 Å². The molecule has 0 spiro atoms. The molecule has 30 heavy (non-hydrogen) atoms. The van der Waals surface area contributed by atoms with E-state index >= 15 is 0 Å². The number of hydrogen-bond acceptors (Lipinski definition) is 2. The number of fused-ring (bicyclic) bond motifs is 2. The summed E-state index contributed by atoms with van der Waals surface area (Å²) < 4.78 is 0. The van der Waals surface area contributed by atoms with Crippen LogP contribution in [0.3, 0.4) is 0 Å². The number of carbonyl (C=O) groups is 2. The molecule has 0 radical (unpaired) electrons. The molecule has 2 amide bonds. The van der Waals surface area contributed by atoms with Gasteiger partial charge in [0.25, 0.3) is 0 Å². The summed E-state index contributed by atoms with van der Waals surface area (Å²) in [5, 5.41) is 3.29. The van der Waals surface area contributed by atoms with E-state index in [-0.39, 0.29) is 23.3 Å². The molecule has 0 unspecified atom stereocenters. The molecule has 2 aromatic carbocycles. The largest absolute Gasteiger partial charge is 0.347 e. The first kappa shape index (κ1) is 20.6. The van der Waals surface area contributed by atoms with Gasteiger partial charge in [0.2, 0.25) is 11.8 Å². The van der Waals surface area contributed by atoms with Crippen molar-refractivity contribution < 1.29 is 9.59 Å². The number of amides is 2. The third-order valence-electron chi connectivity index (χ3n) is 6.24. The van der Waals surface area contributed by atoms with E-state index in [2.05, 4.69) is 56.4 Å². The summed E-state index contributed by atoms with van der Waals surface area (Å²) in [6.45, 7) is 6.70. The van der Waals surface area contributed by atoms with Gasteiger partial charge >= 0.3 is 0 Å². The maximum Gasteiger partial charge on any atom is 0.243 e. The third kappa shape index (κ3) is 4.43. The Morgan fingerprint density at radius 3 is 2.40 bits per heavy atom. The van der Waals surface area contributed by atoms with Gasteiger partial charge in [-0.3, -0.25) is 9.59 Å². The topological polar surface area (TPSA) is 49.4 Å². The Morgan fingerprint density at radius 2 is 1.67 bits per heavy atom. The van der Waals surface area contributed by atoms with Crippen LogP contribution >= 0.6 is 0 Å². The van der Waals surface area contributed by atoms with Gasteiger partial charge in [-0.25, -0.2) is 0 Å². The Labute approximate surface area is 179 Å². The van der Waals surface area contributed by atoms with Gasteiger partial charge in [0.1, 0.15) is 6.04 Å². The summed E-state index contributed by atoms with van der Waals surface area (Å²) >= 11 is 0.